The maximum absolute atomic E-state index is 5.73. The van der Waals surface area contributed by atoms with Crippen LogP contribution in [0.5, 0.6) is 11.5 Å². The first-order valence-electron chi connectivity index (χ1n) is 7.44. The van der Waals surface area contributed by atoms with E-state index in [4.69, 9.17) is 9.47 Å². The minimum Gasteiger partial charge on any atom is -0.497 e. The smallest absolute Gasteiger partial charge is 0.119 e. The molecule has 2 rings (SSSR count). The van der Waals surface area contributed by atoms with E-state index in [2.05, 4.69) is 35.3 Å². The molecule has 0 atom stereocenters. The van der Waals surface area contributed by atoms with Crippen LogP contribution in [0.15, 0.2) is 42.7 Å². The molecule has 0 saturated carbocycles. The van der Waals surface area contributed by atoms with Gasteiger partial charge in [0.15, 0.2) is 0 Å². The van der Waals surface area contributed by atoms with Gasteiger partial charge in [-0.05, 0) is 48.9 Å². The average molecular weight is 288 g/mol. The molecule has 1 N–H and O–H groups in total. The third kappa shape index (κ3) is 5.16. The predicted octanol–water partition coefficient (Wildman–Crippen LogP) is 3.08. The summed E-state index contributed by atoms with van der Waals surface area (Å²) >= 11 is 0. The quantitative estimate of drug-likeness (QED) is 0.720. The molecule has 0 amide bonds. The van der Waals surface area contributed by atoms with Gasteiger partial charge in [-0.1, -0.05) is 6.92 Å². The zero-order valence-electron chi connectivity index (χ0n) is 12.8. The summed E-state index contributed by atoms with van der Waals surface area (Å²) in [6.45, 7) is 5.67. The Hall–Kier alpha value is -1.94. The van der Waals surface area contributed by atoms with Crippen molar-refractivity contribution in [2.24, 2.45) is 0 Å². The Labute approximate surface area is 126 Å². The Morgan fingerprint density at radius 2 is 1.86 bits per heavy atom. The molecule has 0 unspecified atom stereocenters. The normalized spacial score (nSPS) is 10.6. The first-order chi connectivity index (χ1) is 10.3. The topological polar surface area (TPSA) is 35.4 Å². The second-order valence-electron chi connectivity index (χ2n) is 4.96. The van der Waals surface area contributed by atoms with Crippen LogP contribution >= 0.6 is 0 Å². The number of aromatic nitrogens is 1. The lowest BCUT2D eigenvalue weighted by molar-refractivity contribution is 0.298. The van der Waals surface area contributed by atoms with Gasteiger partial charge in [-0.15, -0.1) is 0 Å². The van der Waals surface area contributed by atoms with Crippen LogP contribution in [0.3, 0.4) is 0 Å². The Morgan fingerprint density at radius 3 is 2.57 bits per heavy atom. The summed E-state index contributed by atoms with van der Waals surface area (Å²) in [5, 5.41) is 3.40. The number of rotatable bonds is 9. The van der Waals surface area contributed by atoms with Crippen LogP contribution in [0.1, 0.15) is 18.9 Å². The molecule has 0 aliphatic rings. The maximum Gasteiger partial charge on any atom is 0.119 e. The molecule has 2 aromatic rings. The summed E-state index contributed by atoms with van der Waals surface area (Å²) in [6.07, 6.45) is 5.43. The van der Waals surface area contributed by atoms with Gasteiger partial charge in [0.2, 0.25) is 0 Å². The van der Waals surface area contributed by atoms with E-state index in [1.54, 1.807) is 7.11 Å². The van der Waals surface area contributed by atoms with Crippen molar-refractivity contribution in [2.45, 2.75) is 26.4 Å². The van der Waals surface area contributed by atoms with Crippen LogP contribution in [-0.2, 0) is 13.1 Å². The minimum atomic E-state index is 0.656. The van der Waals surface area contributed by atoms with Gasteiger partial charge < -0.3 is 19.4 Å². The van der Waals surface area contributed by atoms with Crippen LogP contribution in [0, 0.1) is 0 Å². The molecule has 0 saturated heterocycles. The van der Waals surface area contributed by atoms with Crippen LogP contribution in [-0.4, -0.2) is 24.8 Å². The van der Waals surface area contributed by atoms with E-state index in [0.29, 0.717) is 6.61 Å². The molecule has 4 heteroatoms. The number of benzene rings is 1. The highest BCUT2D eigenvalue weighted by molar-refractivity contribution is 5.31. The molecule has 0 aliphatic carbocycles. The molecule has 0 spiro atoms. The van der Waals surface area contributed by atoms with Gasteiger partial charge in [-0.2, -0.15) is 0 Å². The van der Waals surface area contributed by atoms with Crippen molar-refractivity contribution in [3.8, 4) is 11.5 Å². The molecule has 0 aliphatic heterocycles. The van der Waals surface area contributed by atoms with Crippen LogP contribution in [0.2, 0.25) is 0 Å². The van der Waals surface area contributed by atoms with Gasteiger partial charge in [-0.3, -0.25) is 0 Å². The van der Waals surface area contributed by atoms with Gasteiger partial charge in [0.05, 0.1) is 13.7 Å². The molecular weight excluding hydrogens is 264 g/mol. The number of hydrogen-bond acceptors (Lipinski definition) is 3. The van der Waals surface area contributed by atoms with E-state index in [0.717, 1.165) is 37.6 Å². The lowest BCUT2D eigenvalue weighted by atomic mass is 10.3. The van der Waals surface area contributed by atoms with Crippen molar-refractivity contribution in [3.63, 3.8) is 0 Å². The zero-order chi connectivity index (χ0) is 14.9. The SMILES string of the molecule is CCCNCc1ccn(CCOc2ccc(OC)cc2)c1. The summed E-state index contributed by atoms with van der Waals surface area (Å²) in [7, 11) is 1.66. The zero-order valence-corrected chi connectivity index (χ0v) is 12.8. The van der Waals surface area contributed by atoms with Gasteiger partial charge in [-0.25, -0.2) is 0 Å². The molecule has 114 valence electrons. The maximum atomic E-state index is 5.73. The molecule has 0 bridgehead atoms. The number of hydrogen-bond donors (Lipinski definition) is 1. The van der Waals surface area contributed by atoms with Crippen LogP contribution in [0.25, 0.3) is 0 Å². The number of ether oxygens (including phenoxy) is 2. The lowest BCUT2D eigenvalue weighted by Gasteiger charge is -2.08. The summed E-state index contributed by atoms with van der Waals surface area (Å²) in [5.74, 6) is 1.71. The Bertz CT molecular complexity index is 520. The molecule has 1 aromatic heterocycles. The van der Waals surface area contributed by atoms with Gasteiger partial charge in [0.25, 0.3) is 0 Å². The van der Waals surface area contributed by atoms with E-state index in [1.807, 2.05) is 24.3 Å². The molecule has 1 aromatic carbocycles. The van der Waals surface area contributed by atoms with Crippen molar-refractivity contribution in [3.05, 3.63) is 48.3 Å². The van der Waals surface area contributed by atoms with Gasteiger partial charge in [0, 0.05) is 18.9 Å². The predicted molar refractivity (Wildman–Crippen MR) is 84.9 cm³/mol. The fourth-order valence-electron chi connectivity index (χ4n) is 2.08. The second-order valence-corrected chi connectivity index (χ2v) is 4.96. The largest absolute Gasteiger partial charge is 0.497 e. The Morgan fingerprint density at radius 1 is 1.10 bits per heavy atom. The molecule has 0 radical (unpaired) electrons. The van der Waals surface area contributed by atoms with Crippen molar-refractivity contribution >= 4 is 0 Å². The number of nitrogens with zero attached hydrogens (tertiary/aromatic N) is 1. The number of nitrogens with one attached hydrogen (secondary N) is 1. The minimum absolute atomic E-state index is 0.656. The lowest BCUT2D eigenvalue weighted by Crippen LogP contribution is -2.13. The fraction of sp³-hybridized carbons (Fsp3) is 0.412. The van der Waals surface area contributed by atoms with Crippen LogP contribution < -0.4 is 14.8 Å². The van der Waals surface area contributed by atoms with Crippen LogP contribution in [0.4, 0.5) is 0 Å². The van der Waals surface area contributed by atoms with Crippen molar-refractivity contribution < 1.29 is 9.47 Å². The summed E-state index contributed by atoms with van der Waals surface area (Å²) in [4.78, 5) is 0. The summed E-state index contributed by atoms with van der Waals surface area (Å²) in [5.41, 5.74) is 1.31. The summed E-state index contributed by atoms with van der Waals surface area (Å²) in [6, 6.07) is 9.81. The van der Waals surface area contributed by atoms with E-state index in [1.165, 1.54) is 5.56 Å². The van der Waals surface area contributed by atoms with Crippen molar-refractivity contribution in [1.82, 2.24) is 9.88 Å². The number of methoxy groups -OCH3 is 1. The molecule has 0 fully saturated rings. The van der Waals surface area contributed by atoms with Gasteiger partial charge >= 0.3 is 0 Å². The van der Waals surface area contributed by atoms with Gasteiger partial charge in [0.1, 0.15) is 18.1 Å². The third-order valence-corrected chi connectivity index (χ3v) is 3.25. The van der Waals surface area contributed by atoms with E-state index < -0.39 is 0 Å². The Balaban J connectivity index is 1.72. The monoisotopic (exact) mass is 288 g/mol. The highest BCUT2D eigenvalue weighted by Crippen LogP contribution is 2.16. The van der Waals surface area contributed by atoms with Crippen molar-refractivity contribution in [1.29, 1.82) is 0 Å². The first kappa shape index (κ1) is 15.4. The molecule has 4 nitrogen and oxygen atoms in total. The second kappa shape index (κ2) is 8.37. The van der Waals surface area contributed by atoms with E-state index in [-0.39, 0.29) is 0 Å². The average Bonchev–Trinajstić information content (AvgIpc) is 2.96. The highest BCUT2D eigenvalue weighted by atomic mass is 16.5. The van der Waals surface area contributed by atoms with Crippen molar-refractivity contribution in [2.75, 3.05) is 20.3 Å². The molecule has 1 heterocycles. The summed E-state index contributed by atoms with van der Waals surface area (Å²) < 4.78 is 13.0. The highest BCUT2D eigenvalue weighted by Gasteiger charge is 1.98. The van der Waals surface area contributed by atoms with E-state index >= 15 is 0 Å². The van der Waals surface area contributed by atoms with E-state index in [9.17, 15) is 0 Å². The Kier molecular flexibility index (Phi) is 6.16. The molecule has 21 heavy (non-hydrogen) atoms. The first-order valence-corrected chi connectivity index (χ1v) is 7.44. The third-order valence-electron chi connectivity index (χ3n) is 3.25. The fourth-order valence-corrected chi connectivity index (χ4v) is 2.08. The molecular formula is C17H24N2O2. The standard InChI is InChI=1S/C17H24N2O2/c1-3-9-18-13-15-8-10-19(14-15)11-12-21-17-6-4-16(20-2)5-7-17/h4-8,10,14,18H,3,9,11-13H2,1-2H3.